The summed E-state index contributed by atoms with van der Waals surface area (Å²) < 4.78 is 2.04. The topological polar surface area (TPSA) is 130 Å². The van der Waals surface area contributed by atoms with Crippen molar-refractivity contribution in [1.29, 1.82) is 0 Å². The maximum Gasteiger partial charge on any atom is 0.271 e. The highest BCUT2D eigenvalue weighted by molar-refractivity contribution is 5.84. The fourth-order valence-electron chi connectivity index (χ4n) is 6.56. The van der Waals surface area contributed by atoms with E-state index in [9.17, 15) is 14.7 Å². The highest BCUT2D eigenvalue weighted by atomic mass is 16.3. The SMILES string of the molecule is Nc1ncccc1-c1nc2ccc(-c3ccccc3)nc2n1-c1ccc(CN2CC3(C2)CN(c2c(O)c(=O)c2=O)C3)cc1. The molecule has 5 heterocycles. The van der Waals surface area contributed by atoms with E-state index in [2.05, 4.69) is 34.1 Å². The average molecular weight is 570 g/mol. The number of rotatable bonds is 6. The van der Waals surface area contributed by atoms with Gasteiger partial charge in [0.15, 0.2) is 17.2 Å². The summed E-state index contributed by atoms with van der Waals surface area (Å²) in [4.78, 5) is 41.6. The number of hydrogen-bond donors (Lipinski definition) is 2. The first-order valence-electron chi connectivity index (χ1n) is 14.1. The number of aromatic nitrogens is 4. The van der Waals surface area contributed by atoms with E-state index in [1.807, 2.05) is 64.1 Å². The van der Waals surface area contributed by atoms with Gasteiger partial charge in [-0.2, -0.15) is 0 Å². The van der Waals surface area contributed by atoms with Crippen LogP contribution in [0.15, 0.2) is 94.6 Å². The molecule has 43 heavy (non-hydrogen) atoms. The fourth-order valence-corrected chi connectivity index (χ4v) is 6.56. The molecule has 10 nitrogen and oxygen atoms in total. The maximum absolute atomic E-state index is 11.8. The molecule has 6 aromatic rings. The van der Waals surface area contributed by atoms with Crippen LogP contribution in [0.1, 0.15) is 5.56 Å². The summed E-state index contributed by atoms with van der Waals surface area (Å²) in [5.74, 6) is 0.695. The molecule has 3 N–H and O–H groups in total. The Morgan fingerprint density at radius 3 is 2.33 bits per heavy atom. The molecule has 3 aromatic heterocycles. The molecule has 212 valence electrons. The number of aromatic hydroxyl groups is 1. The van der Waals surface area contributed by atoms with E-state index in [-0.39, 0.29) is 16.9 Å². The summed E-state index contributed by atoms with van der Waals surface area (Å²) in [7, 11) is 0. The smallest absolute Gasteiger partial charge is 0.271 e. The van der Waals surface area contributed by atoms with Crippen molar-refractivity contribution in [3.8, 4) is 34.1 Å². The zero-order chi connectivity index (χ0) is 29.3. The Hall–Kier alpha value is -5.35. The van der Waals surface area contributed by atoms with Crippen molar-refractivity contribution in [1.82, 2.24) is 24.4 Å². The van der Waals surface area contributed by atoms with Gasteiger partial charge in [-0.3, -0.25) is 19.1 Å². The van der Waals surface area contributed by atoms with Gasteiger partial charge in [0.1, 0.15) is 17.0 Å². The molecular formula is C33H27N7O3. The Labute approximate surface area is 246 Å². The molecule has 2 saturated heterocycles. The second-order valence-electron chi connectivity index (χ2n) is 11.6. The first-order valence-corrected chi connectivity index (χ1v) is 14.1. The lowest BCUT2D eigenvalue weighted by atomic mass is 9.72. The minimum atomic E-state index is -0.776. The number of nitrogens with zero attached hydrogens (tertiary/aromatic N) is 6. The Morgan fingerprint density at radius 2 is 1.60 bits per heavy atom. The number of benzene rings is 2. The zero-order valence-corrected chi connectivity index (χ0v) is 23.1. The second kappa shape index (κ2) is 9.33. The van der Waals surface area contributed by atoms with Gasteiger partial charge in [-0.05, 0) is 42.0 Å². The van der Waals surface area contributed by atoms with Gasteiger partial charge in [0.05, 0.1) is 11.3 Å². The lowest BCUT2D eigenvalue weighted by molar-refractivity contribution is -0.0276. The average Bonchev–Trinajstić information content (AvgIpc) is 3.38. The lowest BCUT2D eigenvalue weighted by Gasteiger charge is -2.61. The molecule has 1 spiro atoms. The number of nitrogens with two attached hydrogens (primary N) is 1. The van der Waals surface area contributed by atoms with E-state index in [0.29, 0.717) is 24.7 Å². The molecule has 0 atom stereocenters. The fraction of sp³-hybridized carbons (Fsp3) is 0.182. The number of likely N-dealkylation sites (tertiary alicyclic amines) is 1. The Morgan fingerprint density at radius 1 is 0.837 bits per heavy atom. The van der Waals surface area contributed by atoms with Crippen molar-refractivity contribution < 1.29 is 5.11 Å². The van der Waals surface area contributed by atoms with E-state index < -0.39 is 10.9 Å². The summed E-state index contributed by atoms with van der Waals surface area (Å²) in [6.07, 6.45) is 1.67. The van der Waals surface area contributed by atoms with Crippen molar-refractivity contribution in [2.24, 2.45) is 5.41 Å². The Balaban J connectivity index is 1.05. The van der Waals surface area contributed by atoms with Gasteiger partial charge >= 0.3 is 0 Å². The Kier molecular flexibility index (Phi) is 5.51. The predicted octanol–water partition coefficient (Wildman–Crippen LogP) is 3.36. The van der Waals surface area contributed by atoms with E-state index in [4.69, 9.17) is 15.7 Å². The molecule has 3 aromatic carbocycles. The van der Waals surface area contributed by atoms with Gasteiger partial charge in [0, 0.05) is 55.6 Å². The van der Waals surface area contributed by atoms with Crippen molar-refractivity contribution in [3.05, 3.63) is 111 Å². The maximum atomic E-state index is 11.8. The molecule has 0 amide bonds. The van der Waals surface area contributed by atoms with E-state index in [0.717, 1.165) is 53.3 Å². The number of imidazole rings is 1. The highest BCUT2D eigenvalue weighted by Gasteiger charge is 2.53. The standard InChI is InChI=1S/C33H27N7O3/c34-30-23(7-4-14-35-30)31-37-25-13-12-24(21-5-2-1-3-6-21)36-32(25)40(31)22-10-8-20(9-11-22)15-38-16-33(17-38)18-39(19-33)26-27(41)29(43)28(26)42/h1-14,41H,15-19H2,(H2,34,35). The van der Waals surface area contributed by atoms with Gasteiger partial charge in [0.25, 0.3) is 10.9 Å². The van der Waals surface area contributed by atoms with Crippen LogP contribution in [0.4, 0.5) is 11.5 Å². The molecule has 10 heteroatoms. The normalized spacial score (nSPS) is 16.0. The van der Waals surface area contributed by atoms with Crippen LogP contribution in [0, 0.1) is 5.41 Å². The van der Waals surface area contributed by atoms with Gasteiger partial charge in [-0.25, -0.2) is 15.0 Å². The van der Waals surface area contributed by atoms with Crippen LogP contribution in [-0.2, 0) is 6.54 Å². The summed E-state index contributed by atoms with van der Waals surface area (Å²) in [6, 6.07) is 26.2. The quantitative estimate of drug-likeness (QED) is 0.290. The van der Waals surface area contributed by atoms with Gasteiger partial charge in [0.2, 0.25) is 0 Å². The molecule has 2 aliphatic heterocycles. The molecular weight excluding hydrogens is 542 g/mol. The number of hydrogen-bond acceptors (Lipinski definition) is 9. The first-order chi connectivity index (χ1) is 20.9. The van der Waals surface area contributed by atoms with Gasteiger partial charge in [-0.1, -0.05) is 42.5 Å². The molecule has 2 fully saturated rings. The molecule has 0 aliphatic carbocycles. The zero-order valence-electron chi connectivity index (χ0n) is 23.1. The van der Waals surface area contributed by atoms with Crippen molar-refractivity contribution in [3.63, 3.8) is 0 Å². The first kappa shape index (κ1) is 25.4. The van der Waals surface area contributed by atoms with Gasteiger partial charge in [-0.15, -0.1) is 0 Å². The van der Waals surface area contributed by atoms with Crippen LogP contribution in [0.5, 0.6) is 5.75 Å². The second-order valence-corrected chi connectivity index (χ2v) is 11.6. The number of nitrogen functional groups attached to an aromatic ring is 1. The molecule has 0 unspecified atom stereocenters. The molecule has 0 radical (unpaired) electrons. The number of anilines is 2. The van der Waals surface area contributed by atoms with Crippen LogP contribution in [0.3, 0.4) is 0 Å². The minimum Gasteiger partial charge on any atom is -0.502 e. The molecule has 0 saturated carbocycles. The van der Waals surface area contributed by atoms with Crippen LogP contribution in [-0.4, -0.2) is 55.7 Å². The predicted molar refractivity (Wildman–Crippen MR) is 165 cm³/mol. The molecule has 0 bridgehead atoms. The van der Waals surface area contributed by atoms with E-state index in [1.165, 1.54) is 5.56 Å². The van der Waals surface area contributed by atoms with Crippen LogP contribution >= 0.6 is 0 Å². The van der Waals surface area contributed by atoms with Crippen LogP contribution in [0.2, 0.25) is 0 Å². The summed E-state index contributed by atoms with van der Waals surface area (Å²) in [6.45, 7) is 3.99. The van der Waals surface area contributed by atoms with Crippen molar-refractivity contribution in [2.75, 3.05) is 36.8 Å². The van der Waals surface area contributed by atoms with Crippen LogP contribution in [0.25, 0.3) is 39.5 Å². The lowest BCUT2D eigenvalue weighted by Crippen LogP contribution is -2.72. The van der Waals surface area contributed by atoms with Crippen molar-refractivity contribution >= 4 is 22.7 Å². The highest BCUT2D eigenvalue weighted by Crippen LogP contribution is 2.43. The number of fused-ring (bicyclic) bond motifs is 1. The van der Waals surface area contributed by atoms with E-state index >= 15 is 0 Å². The Bertz CT molecular complexity index is 2080. The third-order valence-electron chi connectivity index (χ3n) is 8.60. The molecule has 8 rings (SSSR count). The van der Waals surface area contributed by atoms with Gasteiger partial charge < -0.3 is 15.7 Å². The number of pyridine rings is 2. The molecule has 2 aliphatic rings. The monoisotopic (exact) mass is 569 g/mol. The summed E-state index contributed by atoms with van der Waals surface area (Å²) in [5, 5.41) is 9.74. The summed E-state index contributed by atoms with van der Waals surface area (Å²) >= 11 is 0. The third-order valence-corrected chi connectivity index (χ3v) is 8.60. The third kappa shape index (κ3) is 4.02. The van der Waals surface area contributed by atoms with Crippen LogP contribution < -0.4 is 21.5 Å². The largest absolute Gasteiger partial charge is 0.502 e. The van der Waals surface area contributed by atoms with Crippen molar-refractivity contribution in [2.45, 2.75) is 6.54 Å². The minimum absolute atomic E-state index is 0.114. The summed E-state index contributed by atoms with van der Waals surface area (Å²) in [5.41, 5.74) is 11.5. The van der Waals surface area contributed by atoms with E-state index in [1.54, 1.807) is 6.20 Å².